The summed E-state index contributed by atoms with van der Waals surface area (Å²) in [5.41, 5.74) is 0.307. The molecule has 1 fully saturated rings. The zero-order valence-electron chi connectivity index (χ0n) is 6.30. The van der Waals surface area contributed by atoms with Crippen molar-refractivity contribution in [3.8, 4) is 11.8 Å². The van der Waals surface area contributed by atoms with Crippen LogP contribution in [-0.2, 0) is 0 Å². The molecule has 1 aromatic rings. The van der Waals surface area contributed by atoms with Gasteiger partial charge in [-0.15, -0.1) is 11.3 Å². The fraction of sp³-hybridized carbons (Fsp3) is 0.333. The number of hydrogen-bond acceptors (Lipinski definition) is 2. The van der Waals surface area contributed by atoms with E-state index in [1.807, 2.05) is 10.8 Å². The number of thiophene rings is 1. The Labute approximate surface area is 83.6 Å². The van der Waals surface area contributed by atoms with Crippen molar-refractivity contribution in [3.05, 3.63) is 20.8 Å². The Morgan fingerprint density at radius 2 is 2.25 bits per heavy atom. The summed E-state index contributed by atoms with van der Waals surface area (Å²) >= 11 is 4.99. The first-order chi connectivity index (χ1) is 5.70. The summed E-state index contributed by atoms with van der Waals surface area (Å²) in [5, 5.41) is 13.4. The van der Waals surface area contributed by atoms with Gasteiger partial charge in [0.25, 0.3) is 0 Å². The summed E-state index contributed by atoms with van der Waals surface area (Å²) in [7, 11) is 0. The molecule has 12 heavy (non-hydrogen) atoms. The number of rotatable bonds is 0. The van der Waals surface area contributed by atoms with Crippen molar-refractivity contribution in [3.63, 3.8) is 0 Å². The lowest BCUT2D eigenvalue weighted by Crippen LogP contribution is -2.00. The van der Waals surface area contributed by atoms with Gasteiger partial charge in [-0.3, -0.25) is 0 Å². The molecule has 1 nitrogen and oxygen atoms in total. The van der Waals surface area contributed by atoms with Crippen LogP contribution >= 0.6 is 27.3 Å². The molecular weight excluding hydrogens is 236 g/mol. The van der Waals surface area contributed by atoms with Gasteiger partial charge in [0.15, 0.2) is 0 Å². The van der Waals surface area contributed by atoms with Gasteiger partial charge < -0.3 is 5.11 Å². The van der Waals surface area contributed by atoms with Crippen molar-refractivity contribution in [1.82, 2.24) is 0 Å². The van der Waals surface area contributed by atoms with Crippen LogP contribution in [0.5, 0.6) is 0 Å². The minimum absolute atomic E-state index is 0.665. The van der Waals surface area contributed by atoms with Gasteiger partial charge in [0.1, 0.15) is 5.60 Å². The Morgan fingerprint density at radius 3 is 2.75 bits per heavy atom. The van der Waals surface area contributed by atoms with Crippen LogP contribution in [0.3, 0.4) is 0 Å². The zero-order valence-corrected chi connectivity index (χ0v) is 8.70. The van der Waals surface area contributed by atoms with Crippen molar-refractivity contribution in [2.45, 2.75) is 18.4 Å². The third kappa shape index (κ3) is 1.71. The summed E-state index contributed by atoms with van der Waals surface area (Å²) in [6.45, 7) is 0. The molecule has 3 heteroatoms. The number of halogens is 1. The normalized spacial score (nSPS) is 18.2. The molecule has 1 aromatic heterocycles. The molecule has 62 valence electrons. The lowest BCUT2D eigenvalue weighted by atomic mass is 10.3. The summed E-state index contributed by atoms with van der Waals surface area (Å²) in [6, 6.07) is 0. The average Bonchev–Trinajstić information content (AvgIpc) is 2.61. The minimum Gasteiger partial charge on any atom is -0.378 e. The van der Waals surface area contributed by atoms with Crippen LogP contribution in [0.1, 0.15) is 18.4 Å². The molecule has 0 spiro atoms. The Balaban J connectivity index is 2.21. The summed E-state index contributed by atoms with van der Waals surface area (Å²) in [5.74, 6) is 5.82. The van der Waals surface area contributed by atoms with E-state index in [1.54, 1.807) is 11.3 Å². The van der Waals surface area contributed by atoms with Crippen molar-refractivity contribution < 1.29 is 5.11 Å². The van der Waals surface area contributed by atoms with Gasteiger partial charge in [0.2, 0.25) is 0 Å². The van der Waals surface area contributed by atoms with E-state index in [1.165, 1.54) is 0 Å². The molecule has 0 amide bonds. The van der Waals surface area contributed by atoms with E-state index >= 15 is 0 Å². The predicted octanol–water partition coefficient (Wildman–Crippen LogP) is 2.39. The van der Waals surface area contributed by atoms with E-state index in [4.69, 9.17) is 0 Å². The van der Waals surface area contributed by atoms with Crippen LogP contribution in [0, 0.1) is 11.8 Å². The van der Waals surface area contributed by atoms with Crippen LogP contribution in [-0.4, -0.2) is 10.7 Å². The Kier molecular flexibility index (Phi) is 1.99. The highest BCUT2D eigenvalue weighted by Gasteiger charge is 2.38. The molecular formula is C9H7BrOS. The first-order valence-electron chi connectivity index (χ1n) is 3.67. The highest BCUT2D eigenvalue weighted by Crippen LogP contribution is 2.34. The van der Waals surface area contributed by atoms with Crippen molar-refractivity contribution in [2.75, 3.05) is 0 Å². The van der Waals surface area contributed by atoms with E-state index in [2.05, 4.69) is 27.8 Å². The standard InChI is InChI=1S/C9H7BrOS/c10-8-6-12-5-7(8)1-2-9(11)3-4-9/h5-6,11H,3-4H2. The van der Waals surface area contributed by atoms with Gasteiger partial charge in [-0.1, -0.05) is 11.8 Å². The Morgan fingerprint density at radius 1 is 1.50 bits per heavy atom. The summed E-state index contributed by atoms with van der Waals surface area (Å²) in [4.78, 5) is 0. The van der Waals surface area contributed by atoms with Crippen LogP contribution in [0.2, 0.25) is 0 Å². The van der Waals surface area contributed by atoms with Crippen molar-refractivity contribution >= 4 is 27.3 Å². The van der Waals surface area contributed by atoms with Crippen molar-refractivity contribution in [2.24, 2.45) is 0 Å². The maximum absolute atomic E-state index is 9.43. The summed E-state index contributed by atoms with van der Waals surface area (Å²) < 4.78 is 1.02. The van der Waals surface area contributed by atoms with Gasteiger partial charge in [0.05, 0.1) is 0 Å². The SMILES string of the molecule is OC1(C#Cc2cscc2Br)CC1. The zero-order chi connectivity index (χ0) is 8.60. The minimum atomic E-state index is -0.665. The largest absolute Gasteiger partial charge is 0.378 e. The second-order valence-electron chi connectivity index (χ2n) is 2.91. The van der Waals surface area contributed by atoms with Gasteiger partial charge in [-0.05, 0) is 28.8 Å². The molecule has 2 rings (SSSR count). The molecule has 0 atom stereocenters. The smallest absolute Gasteiger partial charge is 0.126 e. The van der Waals surface area contributed by atoms with Crippen LogP contribution in [0.4, 0.5) is 0 Å². The lowest BCUT2D eigenvalue weighted by Gasteiger charge is -1.91. The molecule has 0 bridgehead atoms. The molecule has 0 aliphatic heterocycles. The van der Waals surface area contributed by atoms with E-state index < -0.39 is 5.60 Å². The van der Waals surface area contributed by atoms with E-state index in [-0.39, 0.29) is 0 Å². The second kappa shape index (κ2) is 2.88. The first-order valence-corrected chi connectivity index (χ1v) is 5.40. The highest BCUT2D eigenvalue weighted by atomic mass is 79.9. The lowest BCUT2D eigenvalue weighted by molar-refractivity contribution is 0.212. The molecule has 0 aromatic carbocycles. The third-order valence-corrected chi connectivity index (χ3v) is 3.47. The molecule has 0 radical (unpaired) electrons. The number of aliphatic hydroxyl groups is 1. The van der Waals surface area contributed by atoms with Gasteiger partial charge in [0, 0.05) is 20.8 Å². The first kappa shape index (κ1) is 8.31. The molecule has 0 unspecified atom stereocenters. The van der Waals surface area contributed by atoms with Crippen LogP contribution in [0.25, 0.3) is 0 Å². The van der Waals surface area contributed by atoms with Crippen molar-refractivity contribution in [1.29, 1.82) is 0 Å². The maximum atomic E-state index is 9.43. The monoisotopic (exact) mass is 242 g/mol. The predicted molar refractivity (Wildman–Crippen MR) is 53.1 cm³/mol. The second-order valence-corrected chi connectivity index (χ2v) is 4.51. The van der Waals surface area contributed by atoms with Crippen LogP contribution in [0.15, 0.2) is 15.2 Å². The maximum Gasteiger partial charge on any atom is 0.126 e. The molecule has 1 heterocycles. The van der Waals surface area contributed by atoms with Gasteiger partial charge in [-0.25, -0.2) is 0 Å². The van der Waals surface area contributed by atoms with Gasteiger partial charge in [-0.2, -0.15) is 0 Å². The third-order valence-electron chi connectivity index (χ3n) is 1.77. The molecule has 1 aliphatic carbocycles. The summed E-state index contributed by atoms with van der Waals surface area (Å²) in [6.07, 6.45) is 1.64. The van der Waals surface area contributed by atoms with Crippen LogP contribution < -0.4 is 0 Å². The number of hydrogen-bond donors (Lipinski definition) is 1. The highest BCUT2D eigenvalue weighted by molar-refractivity contribution is 9.10. The van der Waals surface area contributed by atoms with E-state index in [9.17, 15) is 5.11 Å². The molecule has 0 saturated heterocycles. The molecule has 1 saturated carbocycles. The topological polar surface area (TPSA) is 20.2 Å². The van der Waals surface area contributed by atoms with Gasteiger partial charge >= 0.3 is 0 Å². The Hall–Kier alpha value is -0.300. The molecule has 1 N–H and O–H groups in total. The van der Waals surface area contributed by atoms with E-state index in [0.717, 1.165) is 22.9 Å². The fourth-order valence-corrected chi connectivity index (χ4v) is 2.12. The Bertz CT molecular complexity index is 354. The average molecular weight is 243 g/mol. The quantitative estimate of drug-likeness (QED) is 0.693. The molecule has 1 aliphatic rings. The van der Waals surface area contributed by atoms with E-state index in [0.29, 0.717) is 0 Å². The fourth-order valence-electron chi connectivity index (χ4n) is 0.798.